The molecule has 0 amide bonds. The van der Waals surface area contributed by atoms with Crippen LogP contribution in [0, 0.1) is 12.3 Å². The third kappa shape index (κ3) is 4.61. The van der Waals surface area contributed by atoms with Crippen molar-refractivity contribution < 1.29 is 9.47 Å². The highest BCUT2D eigenvalue weighted by Gasteiger charge is 2.11. The van der Waals surface area contributed by atoms with E-state index in [2.05, 4.69) is 21.8 Å². The number of rotatable bonds is 5. The minimum absolute atomic E-state index is 0.113. The lowest BCUT2D eigenvalue weighted by molar-refractivity contribution is 0.331. The lowest BCUT2D eigenvalue weighted by atomic mass is 10.2. The first kappa shape index (κ1) is 16.1. The maximum absolute atomic E-state index is 6.12. The molecule has 0 aromatic heterocycles. The van der Waals surface area contributed by atoms with Crippen molar-refractivity contribution in [3.05, 3.63) is 22.7 Å². The second-order valence-electron chi connectivity index (χ2n) is 3.48. The summed E-state index contributed by atoms with van der Waals surface area (Å²) in [6.45, 7) is 0.113. The van der Waals surface area contributed by atoms with Gasteiger partial charge >= 0.3 is 0 Å². The predicted octanol–water partition coefficient (Wildman–Crippen LogP) is 1.79. The third-order valence-corrected chi connectivity index (χ3v) is 2.73. The van der Waals surface area contributed by atoms with E-state index in [1.807, 2.05) is 0 Å². The summed E-state index contributed by atoms with van der Waals surface area (Å²) >= 11 is 11.0. The van der Waals surface area contributed by atoms with Crippen LogP contribution in [0.15, 0.2) is 17.2 Å². The molecule has 7 heteroatoms. The largest absolute Gasteiger partial charge is 0.493 e. The molecule has 0 atom stereocenters. The van der Waals surface area contributed by atoms with E-state index in [1.165, 1.54) is 7.11 Å². The second-order valence-corrected chi connectivity index (χ2v) is 4.29. The van der Waals surface area contributed by atoms with Crippen LogP contribution in [0.5, 0.6) is 11.5 Å². The summed E-state index contributed by atoms with van der Waals surface area (Å²) in [5, 5.41) is 7.49. The maximum Gasteiger partial charge on any atom is 0.186 e. The maximum atomic E-state index is 6.12. The number of hydrogen-bond acceptors (Lipinski definition) is 4. The fraction of sp³-hybridized carbons (Fsp3) is 0.231. The van der Waals surface area contributed by atoms with Gasteiger partial charge in [-0.15, -0.1) is 6.42 Å². The Balaban J connectivity index is 2.93. The number of nitrogens with zero attached hydrogens (tertiary/aromatic N) is 1. The molecular weight excluding hydrogens is 298 g/mol. The van der Waals surface area contributed by atoms with E-state index in [-0.39, 0.29) is 6.61 Å². The summed E-state index contributed by atoms with van der Waals surface area (Å²) in [5.41, 5.74) is 3.36. The molecule has 0 fully saturated rings. The normalized spacial score (nSPS) is 9.90. The molecule has 5 nitrogen and oxygen atoms in total. The lowest BCUT2D eigenvalue weighted by Crippen LogP contribution is -2.28. The van der Waals surface area contributed by atoms with Crippen molar-refractivity contribution in [3.63, 3.8) is 0 Å². The van der Waals surface area contributed by atoms with Crippen LogP contribution >= 0.6 is 23.8 Å². The van der Waals surface area contributed by atoms with Gasteiger partial charge in [0.15, 0.2) is 16.6 Å². The molecule has 1 aromatic rings. The summed E-state index contributed by atoms with van der Waals surface area (Å²) in [5.74, 6) is 3.25. The fourth-order valence-electron chi connectivity index (χ4n) is 1.29. The summed E-state index contributed by atoms with van der Waals surface area (Å²) in [4.78, 5) is 0. The van der Waals surface area contributed by atoms with E-state index in [9.17, 15) is 0 Å². The van der Waals surface area contributed by atoms with Crippen LogP contribution in [0.1, 0.15) is 5.56 Å². The van der Waals surface area contributed by atoms with Crippen LogP contribution in [-0.4, -0.2) is 32.1 Å². The molecule has 0 spiro atoms. The number of terminal acetylenes is 1. The van der Waals surface area contributed by atoms with Gasteiger partial charge in [-0.2, -0.15) is 5.10 Å². The molecule has 0 saturated heterocycles. The zero-order chi connectivity index (χ0) is 15.0. The number of methoxy groups -OCH3 is 1. The van der Waals surface area contributed by atoms with Crippen molar-refractivity contribution in [3.8, 4) is 23.8 Å². The van der Waals surface area contributed by atoms with Crippen LogP contribution in [0.4, 0.5) is 0 Å². The molecular formula is C13H14ClN3O2S. The second kappa shape index (κ2) is 8.25. The average molecular weight is 312 g/mol. The number of nitrogens with one attached hydrogen (secondary N) is 2. The Morgan fingerprint density at radius 1 is 1.60 bits per heavy atom. The summed E-state index contributed by atoms with van der Waals surface area (Å²) in [6.07, 6.45) is 6.71. The molecule has 0 aliphatic carbocycles. The van der Waals surface area contributed by atoms with Crippen LogP contribution in [0.2, 0.25) is 5.02 Å². The Labute approximate surface area is 128 Å². The Bertz CT molecular complexity index is 555. The molecule has 0 unspecified atom stereocenters. The van der Waals surface area contributed by atoms with Crippen LogP contribution < -0.4 is 20.2 Å². The molecule has 0 bridgehead atoms. The standard InChI is InChI=1S/C13H14ClN3O2S/c1-4-5-19-12-10(14)6-9(7-11(12)18-3)8-16-17-13(20)15-2/h1,6-8H,5H2,2-3H3,(H2,15,17,20)/b16-8-. The molecule has 1 aromatic carbocycles. The summed E-state index contributed by atoms with van der Waals surface area (Å²) < 4.78 is 10.6. The van der Waals surface area contributed by atoms with Crippen LogP contribution in [0.3, 0.4) is 0 Å². The first-order chi connectivity index (χ1) is 9.62. The van der Waals surface area contributed by atoms with Gasteiger partial charge < -0.3 is 14.8 Å². The van der Waals surface area contributed by atoms with Gasteiger partial charge in [0.1, 0.15) is 6.61 Å². The topological polar surface area (TPSA) is 54.9 Å². The van der Waals surface area contributed by atoms with Crippen molar-refractivity contribution in [1.29, 1.82) is 0 Å². The molecule has 106 valence electrons. The van der Waals surface area contributed by atoms with E-state index in [0.717, 1.165) is 5.56 Å². The molecule has 0 saturated carbocycles. The number of thiocarbonyl (C=S) groups is 1. The lowest BCUT2D eigenvalue weighted by Gasteiger charge is -2.11. The van der Waals surface area contributed by atoms with Crippen LogP contribution in [0.25, 0.3) is 0 Å². The highest BCUT2D eigenvalue weighted by molar-refractivity contribution is 7.80. The van der Waals surface area contributed by atoms with Gasteiger partial charge in [0.05, 0.1) is 18.3 Å². The van der Waals surface area contributed by atoms with Gasteiger partial charge in [-0.05, 0) is 29.9 Å². The summed E-state index contributed by atoms with van der Waals surface area (Å²) in [7, 11) is 3.21. The van der Waals surface area contributed by atoms with Crippen molar-refractivity contribution in [2.45, 2.75) is 0 Å². The Morgan fingerprint density at radius 3 is 2.95 bits per heavy atom. The number of ether oxygens (including phenoxy) is 2. The zero-order valence-electron chi connectivity index (χ0n) is 11.1. The van der Waals surface area contributed by atoms with Gasteiger partial charge in [-0.3, -0.25) is 5.43 Å². The minimum Gasteiger partial charge on any atom is -0.493 e. The minimum atomic E-state index is 0.113. The van der Waals surface area contributed by atoms with E-state index in [0.29, 0.717) is 21.6 Å². The number of benzene rings is 1. The van der Waals surface area contributed by atoms with Crippen molar-refractivity contribution in [2.75, 3.05) is 20.8 Å². The average Bonchev–Trinajstić information content (AvgIpc) is 2.45. The predicted molar refractivity (Wildman–Crippen MR) is 84.7 cm³/mol. The molecule has 20 heavy (non-hydrogen) atoms. The number of halogens is 1. The van der Waals surface area contributed by atoms with Crippen LogP contribution in [-0.2, 0) is 0 Å². The van der Waals surface area contributed by atoms with E-state index in [4.69, 9.17) is 39.7 Å². The monoisotopic (exact) mass is 311 g/mol. The first-order valence-corrected chi connectivity index (χ1v) is 6.35. The van der Waals surface area contributed by atoms with Gasteiger partial charge in [-0.25, -0.2) is 0 Å². The summed E-state index contributed by atoms with van der Waals surface area (Å²) in [6, 6.07) is 3.41. The fourth-order valence-corrected chi connectivity index (χ4v) is 1.62. The van der Waals surface area contributed by atoms with E-state index < -0.39 is 0 Å². The molecule has 0 radical (unpaired) electrons. The smallest absolute Gasteiger partial charge is 0.186 e. The van der Waals surface area contributed by atoms with Gasteiger partial charge in [0.2, 0.25) is 0 Å². The Hall–Kier alpha value is -1.97. The third-order valence-electron chi connectivity index (χ3n) is 2.16. The first-order valence-electron chi connectivity index (χ1n) is 5.57. The van der Waals surface area contributed by atoms with Gasteiger partial charge in [-0.1, -0.05) is 17.5 Å². The highest BCUT2D eigenvalue weighted by Crippen LogP contribution is 2.35. The Morgan fingerprint density at radius 2 is 2.35 bits per heavy atom. The molecule has 0 heterocycles. The molecule has 0 aliphatic rings. The van der Waals surface area contributed by atoms with Gasteiger partial charge in [0.25, 0.3) is 0 Å². The highest BCUT2D eigenvalue weighted by atomic mass is 35.5. The number of hydrazone groups is 1. The molecule has 0 aliphatic heterocycles. The van der Waals surface area contributed by atoms with Crippen molar-refractivity contribution in [1.82, 2.24) is 10.7 Å². The Kier molecular flexibility index (Phi) is 6.64. The number of hydrogen-bond donors (Lipinski definition) is 2. The van der Waals surface area contributed by atoms with Crippen molar-refractivity contribution >= 4 is 35.1 Å². The molecule has 2 N–H and O–H groups in total. The van der Waals surface area contributed by atoms with E-state index >= 15 is 0 Å². The van der Waals surface area contributed by atoms with E-state index in [1.54, 1.807) is 25.4 Å². The van der Waals surface area contributed by atoms with Gasteiger partial charge in [0, 0.05) is 7.05 Å². The van der Waals surface area contributed by atoms with Crippen molar-refractivity contribution in [2.24, 2.45) is 5.10 Å². The quantitative estimate of drug-likeness (QED) is 0.376. The molecule has 1 rings (SSSR count). The SMILES string of the molecule is C#CCOc1c(Cl)cc(/C=N\NC(=S)NC)cc1OC. The zero-order valence-corrected chi connectivity index (χ0v) is 12.6.